The summed E-state index contributed by atoms with van der Waals surface area (Å²) in [5.41, 5.74) is 1.36. The van der Waals surface area contributed by atoms with Gasteiger partial charge in [0.1, 0.15) is 5.78 Å². The highest BCUT2D eigenvalue weighted by atomic mass is 16.7. The molecule has 6 atom stereocenters. The van der Waals surface area contributed by atoms with Crippen molar-refractivity contribution in [3.8, 4) is 0 Å². The first-order valence-corrected chi connectivity index (χ1v) is 12.1. The molecular weight excluding hydrogens is 380 g/mol. The summed E-state index contributed by atoms with van der Waals surface area (Å²) in [7, 11) is 0. The summed E-state index contributed by atoms with van der Waals surface area (Å²) >= 11 is 0. The smallest absolute Gasteiger partial charge is 0.172 e. The Morgan fingerprint density at radius 3 is 2.33 bits per heavy atom. The lowest BCUT2D eigenvalue weighted by molar-refractivity contribution is -0.215. The van der Waals surface area contributed by atoms with Crippen LogP contribution in [-0.4, -0.2) is 43.8 Å². The number of hydrogen-bond donors (Lipinski definition) is 0. The van der Waals surface area contributed by atoms with Crippen LogP contribution < -0.4 is 0 Å². The van der Waals surface area contributed by atoms with Crippen LogP contribution in [-0.2, 0) is 23.7 Å². The van der Waals surface area contributed by atoms with E-state index in [0.29, 0.717) is 56.4 Å². The van der Waals surface area contributed by atoms with Gasteiger partial charge in [-0.1, -0.05) is 25.5 Å². The van der Waals surface area contributed by atoms with Crippen molar-refractivity contribution in [3.63, 3.8) is 0 Å². The zero-order chi connectivity index (χ0) is 20.8. The molecule has 6 rings (SSSR count). The number of hydrogen-bond acceptors (Lipinski definition) is 5. The highest BCUT2D eigenvalue weighted by Gasteiger charge is 2.66. The Morgan fingerprint density at radius 2 is 1.60 bits per heavy atom. The SMILES string of the molecule is CC1(C2CCC3C4CC=C5CC6(CCC5(C)C4C(=O)CC32C)OCCO6)OCCO1. The summed E-state index contributed by atoms with van der Waals surface area (Å²) in [6.45, 7) is 9.55. The van der Waals surface area contributed by atoms with Gasteiger partial charge < -0.3 is 18.9 Å². The van der Waals surface area contributed by atoms with Crippen LogP contribution in [0.4, 0.5) is 0 Å². The Balaban J connectivity index is 1.33. The standard InChI is InChI=1S/C25H36O5/c1-22-8-9-25(29-12-13-30-25)14-16(22)4-5-17-18-6-7-20(24(3)27-10-11-28-24)23(18,2)15-19(26)21(17)22/h4,17-18,20-21H,5-15H2,1-3H3. The molecule has 0 aromatic rings. The monoisotopic (exact) mass is 416 g/mol. The summed E-state index contributed by atoms with van der Waals surface area (Å²) in [6.07, 6.45) is 9.17. The van der Waals surface area contributed by atoms with Crippen molar-refractivity contribution in [1.82, 2.24) is 0 Å². The molecule has 2 saturated heterocycles. The summed E-state index contributed by atoms with van der Waals surface area (Å²) in [5.74, 6) is 0.990. The minimum Gasteiger partial charge on any atom is -0.348 e. The molecule has 0 radical (unpaired) electrons. The average Bonchev–Trinajstić information content (AvgIpc) is 3.41. The molecule has 2 heterocycles. The number of Topliss-reactive ketones (excluding diaryl/α,β-unsaturated/α-hetero) is 1. The van der Waals surface area contributed by atoms with Gasteiger partial charge in [-0.05, 0) is 55.3 Å². The van der Waals surface area contributed by atoms with Crippen molar-refractivity contribution < 1.29 is 23.7 Å². The molecule has 166 valence electrons. The second kappa shape index (κ2) is 6.40. The molecule has 0 amide bonds. The van der Waals surface area contributed by atoms with Crippen molar-refractivity contribution in [2.45, 2.75) is 77.3 Å². The molecule has 0 N–H and O–H groups in total. The summed E-state index contributed by atoms with van der Waals surface area (Å²) in [4.78, 5) is 13.8. The van der Waals surface area contributed by atoms with E-state index < -0.39 is 11.6 Å². The Bertz CT molecular complexity index is 776. The summed E-state index contributed by atoms with van der Waals surface area (Å²) in [6, 6.07) is 0. The maximum Gasteiger partial charge on any atom is 0.172 e. The van der Waals surface area contributed by atoms with Crippen molar-refractivity contribution in [2.24, 2.45) is 34.5 Å². The van der Waals surface area contributed by atoms with Crippen LogP contribution in [0.3, 0.4) is 0 Å². The van der Waals surface area contributed by atoms with E-state index in [-0.39, 0.29) is 16.7 Å². The van der Waals surface area contributed by atoms with Gasteiger partial charge in [0.2, 0.25) is 0 Å². The van der Waals surface area contributed by atoms with Gasteiger partial charge >= 0.3 is 0 Å². The van der Waals surface area contributed by atoms with Crippen LogP contribution in [0, 0.1) is 34.5 Å². The third kappa shape index (κ3) is 2.52. The van der Waals surface area contributed by atoms with E-state index in [0.717, 1.165) is 32.1 Å². The largest absolute Gasteiger partial charge is 0.348 e. The van der Waals surface area contributed by atoms with Crippen LogP contribution in [0.1, 0.15) is 65.7 Å². The third-order valence-corrected chi connectivity index (χ3v) is 10.1. The first-order chi connectivity index (χ1) is 14.3. The van der Waals surface area contributed by atoms with Crippen LogP contribution in [0.5, 0.6) is 0 Å². The molecule has 5 heteroatoms. The second-order valence-electron chi connectivity index (χ2n) is 11.4. The van der Waals surface area contributed by atoms with Crippen molar-refractivity contribution in [3.05, 3.63) is 11.6 Å². The fourth-order valence-electron chi connectivity index (χ4n) is 8.77. The molecule has 0 aromatic heterocycles. The van der Waals surface area contributed by atoms with Gasteiger partial charge in [0.05, 0.1) is 26.4 Å². The van der Waals surface area contributed by atoms with E-state index in [1.807, 2.05) is 0 Å². The highest BCUT2D eigenvalue weighted by Crippen LogP contribution is 2.67. The minimum atomic E-state index is -0.523. The van der Waals surface area contributed by atoms with Gasteiger partial charge in [-0.2, -0.15) is 0 Å². The third-order valence-electron chi connectivity index (χ3n) is 10.1. The number of allylic oxidation sites excluding steroid dienone is 1. The molecule has 5 nitrogen and oxygen atoms in total. The Hall–Kier alpha value is -0.750. The Morgan fingerprint density at radius 1 is 0.900 bits per heavy atom. The molecule has 30 heavy (non-hydrogen) atoms. The van der Waals surface area contributed by atoms with Crippen molar-refractivity contribution >= 4 is 5.78 Å². The van der Waals surface area contributed by atoms with Crippen LogP contribution >= 0.6 is 0 Å². The lowest BCUT2D eigenvalue weighted by atomic mass is 9.46. The van der Waals surface area contributed by atoms with Gasteiger partial charge in [-0.3, -0.25) is 4.79 Å². The first kappa shape index (κ1) is 19.9. The van der Waals surface area contributed by atoms with Gasteiger partial charge in [0.25, 0.3) is 0 Å². The lowest BCUT2D eigenvalue weighted by Gasteiger charge is -2.58. The topological polar surface area (TPSA) is 54.0 Å². The molecular formula is C25H36O5. The van der Waals surface area contributed by atoms with E-state index in [2.05, 4.69) is 26.8 Å². The number of carbonyl (C=O) groups is 1. The summed E-state index contributed by atoms with van der Waals surface area (Å²) < 4.78 is 24.3. The molecule has 0 bridgehead atoms. The van der Waals surface area contributed by atoms with Crippen LogP contribution in [0.25, 0.3) is 0 Å². The fraction of sp³-hybridized carbons (Fsp3) is 0.880. The molecule has 1 spiro atoms. The lowest BCUT2D eigenvalue weighted by Crippen LogP contribution is -2.57. The van der Waals surface area contributed by atoms with E-state index in [4.69, 9.17) is 18.9 Å². The highest BCUT2D eigenvalue weighted by molar-refractivity contribution is 5.85. The molecule has 3 saturated carbocycles. The van der Waals surface area contributed by atoms with E-state index in [1.54, 1.807) is 0 Å². The predicted molar refractivity (Wildman–Crippen MR) is 111 cm³/mol. The van der Waals surface area contributed by atoms with Crippen LogP contribution in [0.15, 0.2) is 11.6 Å². The van der Waals surface area contributed by atoms with Crippen molar-refractivity contribution in [1.29, 1.82) is 0 Å². The van der Waals surface area contributed by atoms with Gasteiger partial charge in [0.15, 0.2) is 11.6 Å². The number of ketones is 1. The van der Waals surface area contributed by atoms with E-state index >= 15 is 0 Å². The Kier molecular flexibility index (Phi) is 4.25. The molecule has 0 aromatic carbocycles. The maximum atomic E-state index is 13.8. The molecule has 6 unspecified atom stereocenters. The van der Waals surface area contributed by atoms with E-state index in [1.165, 1.54) is 12.0 Å². The summed E-state index contributed by atoms with van der Waals surface area (Å²) in [5, 5.41) is 0. The Labute approximate surface area is 179 Å². The number of ether oxygens (including phenoxy) is 4. The molecule has 5 fully saturated rings. The predicted octanol–water partition coefficient (Wildman–Crippen LogP) is 4.25. The zero-order valence-electron chi connectivity index (χ0n) is 18.7. The van der Waals surface area contributed by atoms with E-state index in [9.17, 15) is 4.79 Å². The molecule has 6 aliphatic rings. The quantitative estimate of drug-likeness (QED) is 0.598. The number of rotatable bonds is 1. The second-order valence-corrected chi connectivity index (χ2v) is 11.4. The minimum absolute atomic E-state index is 0.0212. The number of fused-ring (bicyclic) bond motifs is 5. The zero-order valence-corrected chi connectivity index (χ0v) is 18.7. The number of carbonyl (C=O) groups excluding carboxylic acids is 1. The average molecular weight is 417 g/mol. The van der Waals surface area contributed by atoms with Gasteiger partial charge in [0, 0.05) is 31.1 Å². The van der Waals surface area contributed by atoms with Gasteiger partial charge in [-0.25, -0.2) is 0 Å². The maximum absolute atomic E-state index is 13.8. The molecule has 4 aliphatic carbocycles. The van der Waals surface area contributed by atoms with Crippen molar-refractivity contribution in [2.75, 3.05) is 26.4 Å². The fourth-order valence-corrected chi connectivity index (χ4v) is 8.77. The normalized spacial score (nSPS) is 48.9. The first-order valence-electron chi connectivity index (χ1n) is 12.1. The van der Waals surface area contributed by atoms with Crippen LogP contribution in [0.2, 0.25) is 0 Å². The van der Waals surface area contributed by atoms with Gasteiger partial charge in [-0.15, -0.1) is 0 Å². The molecule has 2 aliphatic heterocycles.